The molecule has 0 aromatic carbocycles. The van der Waals surface area contributed by atoms with E-state index in [0.717, 1.165) is 5.69 Å². The van der Waals surface area contributed by atoms with Gasteiger partial charge in [0.1, 0.15) is 0 Å². The quantitative estimate of drug-likeness (QED) is 0.797. The summed E-state index contributed by atoms with van der Waals surface area (Å²) in [5.74, 6) is -0.973. The van der Waals surface area contributed by atoms with Crippen LogP contribution >= 0.6 is 11.3 Å². The van der Waals surface area contributed by atoms with Gasteiger partial charge in [0, 0.05) is 36.1 Å². The van der Waals surface area contributed by atoms with E-state index in [4.69, 9.17) is 5.11 Å². The number of rotatable bonds is 4. The summed E-state index contributed by atoms with van der Waals surface area (Å²) in [4.78, 5) is 27.9. The van der Waals surface area contributed by atoms with Gasteiger partial charge in [-0.2, -0.15) is 0 Å². The van der Waals surface area contributed by atoms with Crippen molar-refractivity contribution in [2.24, 2.45) is 7.05 Å². The van der Waals surface area contributed by atoms with Crippen LogP contribution in [0.25, 0.3) is 17.1 Å². The van der Waals surface area contributed by atoms with E-state index in [0.29, 0.717) is 16.3 Å². The molecule has 3 rings (SSSR count). The van der Waals surface area contributed by atoms with Crippen molar-refractivity contribution < 1.29 is 9.90 Å². The zero-order valence-corrected chi connectivity index (χ0v) is 12.6. The summed E-state index contributed by atoms with van der Waals surface area (Å²) in [5.41, 5.74) is 1.73. The normalized spacial score (nSPS) is 11.5. The third kappa shape index (κ3) is 2.71. The van der Waals surface area contributed by atoms with E-state index in [1.165, 1.54) is 21.8 Å². The van der Waals surface area contributed by atoms with Crippen molar-refractivity contribution in [1.29, 1.82) is 0 Å². The Balaban J connectivity index is 2.00. The highest BCUT2D eigenvalue weighted by Crippen LogP contribution is 2.14. The Morgan fingerprint density at radius 3 is 2.95 bits per heavy atom. The van der Waals surface area contributed by atoms with Gasteiger partial charge in [0.05, 0.1) is 12.1 Å². The lowest BCUT2D eigenvalue weighted by Crippen LogP contribution is -2.17. The lowest BCUT2D eigenvalue weighted by molar-refractivity contribution is -0.136. The summed E-state index contributed by atoms with van der Waals surface area (Å²) in [6.07, 6.45) is 5.39. The number of hydrogen-bond acceptors (Lipinski definition) is 4. The van der Waals surface area contributed by atoms with E-state index in [-0.39, 0.29) is 12.0 Å². The highest BCUT2D eigenvalue weighted by Gasteiger charge is 2.11. The topological polar surface area (TPSA) is 76.6 Å². The zero-order chi connectivity index (χ0) is 15.7. The van der Waals surface area contributed by atoms with Gasteiger partial charge < -0.3 is 9.67 Å². The molecule has 1 N–H and O–H groups in total. The van der Waals surface area contributed by atoms with Gasteiger partial charge in [0.25, 0.3) is 5.56 Å². The van der Waals surface area contributed by atoms with Crippen molar-refractivity contribution in [3.63, 3.8) is 0 Å². The maximum absolute atomic E-state index is 12.2. The van der Waals surface area contributed by atoms with E-state index >= 15 is 0 Å². The molecular formula is C15H13N3O3S. The SMILES string of the molecule is Cn1cccc1C=Cc1cc(=O)n2c(CC(=O)O)csc2n1. The number of aromatic nitrogens is 3. The van der Waals surface area contributed by atoms with Crippen LogP contribution in [-0.2, 0) is 18.3 Å². The molecule has 0 bridgehead atoms. The Morgan fingerprint density at radius 1 is 1.45 bits per heavy atom. The summed E-state index contributed by atoms with van der Waals surface area (Å²) < 4.78 is 3.30. The Kier molecular flexibility index (Phi) is 3.64. The average Bonchev–Trinajstić information content (AvgIpc) is 3.03. The molecule has 0 aliphatic carbocycles. The number of carboxylic acid groups (broad SMARTS) is 1. The molecule has 0 aliphatic rings. The van der Waals surface area contributed by atoms with Gasteiger partial charge in [-0.15, -0.1) is 11.3 Å². The summed E-state index contributed by atoms with van der Waals surface area (Å²) in [7, 11) is 1.93. The Hall–Kier alpha value is -2.67. The molecular weight excluding hydrogens is 302 g/mol. The molecule has 0 fully saturated rings. The van der Waals surface area contributed by atoms with Crippen LogP contribution in [0.4, 0.5) is 0 Å². The molecule has 0 saturated heterocycles. The molecule has 3 aromatic heterocycles. The van der Waals surface area contributed by atoms with Gasteiger partial charge in [-0.05, 0) is 24.3 Å². The minimum atomic E-state index is -0.973. The predicted molar refractivity (Wildman–Crippen MR) is 85.0 cm³/mol. The van der Waals surface area contributed by atoms with Gasteiger partial charge in [0.2, 0.25) is 0 Å². The van der Waals surface area contributed by atoms with E-state index in [2.05, 4.69) is 4.98 Å². The molecule has 6 nitrogen and oxygen atoms in total. The number of fused-ring (bicyclic) bond motifs is 1. The second-order valence-corrected chi connectivity index (χ2v) is 5.65. The van der Waals surface area contributed by atoms with Gasteiger partial charge in [-0.3, -0.25) is 14.0 Å². The van der Waals surface area contributed by atoms with E-state index in [1.807, 2.05) is 36.0 Å². The Labute approximate surface area is 129 Å². The van der Waals surface area contributed by atoms with Crippen molar-refractivity contribution >= 4 is 34.4 Å². The standard InChI is InChI=1S/C15H13N3O3S/c1-17-6-2-3-11(17)5-4-10-7-13(19)18-12(8-14(20)21)9-22-15(18)16-10/h2-7,9H,8H2,1H3,(H,20,21). The van der Waals surface area contributed by atoms with Crippen LogP contribution in [0.15, 0.2) is 34.6 Å². The van der Waals surface area contributed by atoms with Crippen LogP contribution in [0.5, 0.6) is 0 Å². The first-order valence-corrected chi connectivity index (χ1v) is 7.44. The van der Waals surface area contributed by atoms with Gasteiger partial charge in [-0.1, -0.05) is 0 Å². The van der Waals surface area contributed by atoms with Crippen LogP contribution in [0, 0.1) is 0 Å². The number of carbonyl (C=O) groups is 1. The molecule has 22 heavy (non-hydrogen) atoms. The molecule has 0 atom stereocenters. The summed E-state index contributed by atoms with van der Waals surface area (Å²) in [6, 6.07) is 5.30. The molecule has 0 aliphatic heterocycles. The van der Waals surface area contributed by atoms with Crippen molar-refractivity contribution in [2.75, 3.05) is 0 Å². The minimum Gasteiger partial charge on any atom is -0.481 e. The fourth-order valence-electron chi connectivity index (χ4n) is 2.17. The van der Waals surface area contributed by atoms with Crippen LogP contribution in [-0.4, -0.2) is 25.0 Å². The second kappa shape index (κ2) is 5.61. The Morgan fingerprint density at radius 2 is 2.27 bits per heavy atom. The maximum Gasteiger partial charge on any atom is 0.309 e. The largest absolute Gasteiger partial charge is 0.481 e. The number of hydrogen-bond donors (Lipinski definition) is 1. The second-order valence-electron chi connectivity index (χ2n) is 4.81. The fraction of sp³-hybridized carbons (Fsp3) is 0.133. The third-order valence-corrected chi connectivity index (χ3v) is 4.11. The zero-order valence-electron chi connectivity index (χ0n) is 11.8. The molecule has 0 amide bonds. The number of carboxylic acids is 1. The lowest BCUT2D eigenvalue weighted by Gasteiger charge is -1.99. The van der Waals surface area contributed by atoms with E-state index in [9.17, 15) is 9.59 Å². The van der Waals surface area contributed by atoms with Crippen LogP contribution in [0.1, 0.15) is 17.1 Å². The number of nitrogens with zero attached hydrogens (tertiary/aromatic N) is 3. The number of aliphatic carboxylic acids is 1. The third-order valence-electron chi connectivity index (χ3n) is 3.24. The maximum atomic E-state index is 12.2. The smallest absolute Gasteiger partial charge is 0.309 e. The van der Waals surface area contributed by atoms with Crippen molar-refractivity contribution in [2.45, 2.75) is 6.42 Å². The number of aryl methyl sites for hydroxylation is 1. The molecule has 3 heterocycles. The van der Waals surface area contributed by atoms with Crippen LogP contribution < -0.4 is 5.56 Å². The monoisotopic (exact) mass is 315 g/mol. The number of thiazole rings is 1. The molecule has 0 saturated carbocycles. The first kappa shape index (κ1) is 14.3. The molecule has 7 heteroatoms. The van der Waals surface area contributed by atoms with Gasteiger partial charge in [0.15, 0.2) is 4.96 Å². The minimum absolute atomic E-state index is 0.194. The lowest BCUT2D eigenvalue weighted by atomic mass is 10.3. The van der Waals surface area contributed by atoms with Gasteiger partial charge >= 0.3 is 5.97 Å². The van der Waals surface area contributed by atoms with Gasteiger partial charge in [-0.25, -0.2) is 4.98 Å². The first-order valence-electron chi connectivity index (χ1n) is 6.56. The van der Waals surface area contributed by atoms with Crippen molar-refractivity contribution in [1.82, 2.24) is 14.0 Å². The molecule has 0 radical (unpaired) electrons. The van der Waals surface area contributed by atoms with Crippen LogP contribution in [0.3, 0.4) is 0 Å². The van der Waals surface area contributed by atoms with Crippen LogP contribution in [0.2, 0.25) is 0 Å². The average molecular weight is 315 g/mol. The molecule has 0 spiro atoms. The fourth-order valence-corrected chi connectivity index (χ4v) is 3.08. The highest BCUT2D eigenvalue weighted by molar-refractivity contribution is 7.15. The van der Waals surface area contributed by atoms with Crippen molar-refractivity contribution in [3.05, 3.63) is 57.2 Å². The summed E-state index contributed by atoms with van der Waals surface area (Å²) >= 11 is 1.26. The highest BCUT2D eigenvalue weighted by atomic mass is 32.1. The molecule has 3 aromatic rings. The predicted octanol–water partition coefficient (Wildman–Crippen LogP) is 1.89. The first-order chi connectivity index (χ1) is 10.5. The molecule has 112 valence electrons. The summed E-state index contributed by atoms with van der Waals surface area (Å²) in [5, 5.41) is 10.5. The van der Waals surface area contributed by atoms with E-state index in [1.54, 1.807) is 11.5 Å². The van der Waals surface area contributed by atoms with Crippen molar-refractivity contribution in [3.8, 4) is 0 Å². The van der Waals surface area contributed by atoms with E-state index < -0.39 is 5.97 Å². The Bertz CT molecular complexity index is 933. The molecule has 0 unspecified atom stereocenters. The summed E-state index contributed by atoms with van der Waals surface area (Å²) in [6.45, 7) is 0.